The largest absolute Gasteiger partial charge is 0.465 e. The van der Waals surface area contributed by atoms with Gasteiger partial charge in [0.05, 0.1) is 13.3 Å². The highest BCUT2D eigenvalue weighted by Gasteiger charge is 2.29. The van der Waals surface area contributed by atoms with Crippen molar-refractivity contribution in [3.8, 4) is 0 Å². The van der Waals surface area contributed by atoms with E-state index in [1.54, 1.807) is 6.20 Å². The Bertz CT molecular complexity index is 383. The Hall–Kier alpha value is -1.10. The highest BCUT2D eigenvalue weighted by molar-refractivity contribution is 7.17. The van der Waals surface area contributed by atoms with E-state index in [1.165, 1.54) is 44.1 Å². The van der Waals surface area contributed by atoms with Crippen molar-refractivity contribution in [2.75, 3.05) is 12.4 Å². The molecule has 1 aliphatic rings. The minimum absolute atomic E-state index is 0.144. The molecule has 4 nitrogen and oxygen atoms in total. The Balaban J connectivity index is 2.05. The molecule has 1 aromatic rings. The highest BCUT2D eigenvalue weighted by atomic mass is 32.1. The van der Waals surface area contributed by atoms with Crippen LogP contribution in [0.25, 0.3) is 0 Å². The molecular formula is C11H16N2O2S. The first-order chi connectivity index (χ1) is 7.63. The Morgan fingerprint density at radius 2 is 2.25 bits per heavy atom. The van der Waals surface area contributed by atoms with Gasteiger partial charge in [-0.25, -0.2) is 9.78 Å². The van der Waals surface area contributed by atoms with Gasteiger partial charge in [-0.2, -0.15) is 0 Å². The molecule has 0 aliphatic heterocycles. The number of hydrogen-bond donors (Lipinski definition) is 1. The van der Waals surface area contributed by atoms with E-state index < -0.39 is 0 Å². The van der Waals surface area contributed by atoms with Gasteiger partial charge < -0.3 is 10.1 Å². The smallest absolute Gasteiger partial charge is 0.349 e. The van der Waals surface area contributed by atoms with Crippen LogP contribution in [0.5, 0.6) is 0 Å². The second kappa shape index (κ2) is 4.41. The number of carbonyl (C=O) groups excluding carboxylic acids is 1. The van der Waals surface area contributed by atoms with Crippen molar-refractivity contribution in [1.82, 2.24) is 4.98 Å². The van der Waals surface area contributed by atoms with Crippen LogP contribution in [0.3, 0.4) is 0 Å². The molecule has 1 aliphatic carbocycles. The molecule has 16 heavy (non-hydrogen) atoms. The van der Waals surface area contributed by atoms with Crippen LogP contribution in [0.2, 0.25) is 0 Å². The molecule has 1 saturated carbocycles. The number of thiazole rings is 1. The van der Waals surface area contributed by atoms with Gasteiger partial charge in [-0.05, 0) is 19.8 Å². The lowest BCUT2D eigenvalue weighted by molar-refractivity contribution is 0.0606. The lowest BCUT2D eigenvalue weighted by atomic mass is 10.0. The van der Waals surface area contributed by atoms with Crippen molar-refractivity contribution in [3.63, 3.8) is 0 Å². The van der Waals surface area contributed by atoms with E-state index in [9.17, 15) is 4.79 Å². The summed E-state index contributed by atoms with van der Waals surface area (Å²) in [6.07, 6.45) is 6.43. The number of anilines is 1. The maximum absolute atomic E-state index is 11.3. The van der Waals surface area contributed by atoms with Crippen molar-refractivity contribution in [2.24, 2.45) is 0 Å². The van der Waals surface area contributed by atoms with Crippen LogP contribution in [0.1, 0.15) is 42.3 Å². The lowest BCUT2D eigenvalue weighted by Crippen LogP contribution is -2.30. The summed E-state index contributed by atoms with van der Waals surface area (Å²) in [6.45, 7) is 2.21. The van der Waals surface area contributed by atoms with Gasteiger partial charge in [0, 0.05) is 5.54 Å². The molecule has 2 rings (SSSR count). The van der Waals surface area contributed by atoms with Gasteiger partial charge in [0.25, 0.3) is 0 Å². The van der Waals surface area contributed by atoms with Crippen molar-refractivity contribution in [1.29, 1.82) is 0 Å². The molecule has 0 aromatic carbocycles. The zero-order valence-corrected chi connectivity index (χ0v) is 10.4. The van der Waals surface area contributed by atoms with Crippen LogP contribution >= 0.6 is 11.3 Å². The second-order valence-electron chi connectivity index (χ2n) is 4.41. The maximum Gasteiger partial charge on any atom is 0.349 e. The van der Waals surface area contributed by atoms with E-state index in [-0.39, 0.29) is 11.5 Å². The molecule has 0 atom stereocenters. The number of nitrogens with zero attached hydrogens (tertiary/aromatic N) is 1. The summed E-state index contributed by atoms with van der Waals surface area (Å²) >= 11 is 1.35. The number of nitrogens with one attached hydrogen (secondary N) is 1. The predicted octanol–water partition coefficient (Wildman–Crippen LogP) is 2.67. The zero-order chi connectivity index (χ0) is 11.6. The first kappa shape index (κ1) is 11.4. The fourth-order valence-corrected chi connectivity index (χ4v) is 2.95. The molecule has 0 bridgehead atoms. The van der Waals surface area contributed by atoms with Gasteiger partial charge in [0.2, 0.25) is 0 Å². The predicted molar refractivity (Wildman–Crippen MR) is 63.9 cm³/mol. The number of aromatic nitrogens is 1. The Morgan fingerprint density at radius 1 is 1.56 bits per heavy atom. The normalized spacial score (nSPS) is 18.4. The fraction of sp³-hybridized carbons (Fsp3) is 0.636. The first-order valence-electron chi connectivity index (χ1n) is 5.45. The average Bonchev–Trinajstić information content (AvgIpc) is 2.87. The lowest BCUT2D eigenvalue weighted by Gasteiger charge is -2.24. The fourth-order valence-electron chi connectivity index (χ4n) is 2.07. The maximum atomic E-state index is 11.3. The van der Waals surface area contributed by atoms with E-state index in [2.05, 4.69) is 22.0 Å². The van der Waals surface area contributed by atoms with Crippen molar-refractivity contribution in [3.05, 3.63) is 11.1 Å². The van der Waals surface area contributed by atoms with Gasteiger partial charge in [0.15, 0.2) is 5.13 Å². The molecular weight excluding hydrogens is 224 g/mol. The molecule has 1 heterocycles. The number of rotatable bonds is 3. The van der Waals surface area contributed by atoms with E-state index in [4.69, 9.17) is 0 Å². The van der Waals surface area contributed by atoms with Crippen LogP contribution in [0, 0.1) is 0 Å². The summed E-state index contributed by atoms with van der Waals surface area (Å²) in [5.41, 5.74) is 0.144. The third-order valence-electron chi connectivity index (χ3n) is 3.01. The van der Waals surface area contributed by atoms with Crippen LogP contribution in [-0.4, -0.2) is 23.6 Å². The summed E-state index contributed by atoms with van der Waals surface area (Å²) in [6, 6.07) is 0. The van der Waals surface area contributed by atoms with Crippen LogP contribution in [-0.2, 0) is 4.74 Å². The summed E-state index contributed by atoms with van der Waals surface area (Å²) in [5.74, 6) is -0.317. The summed E-state index contributed by atoms with van der Waals surface area (Å²) in [7, 11) is 1.38. The minimum Gasteiger partial charge on any atom is -0.465 e. The molecule has 0 spiro atoms. The molecule has 0 unspecified atom stereocenters. The van der Waals surface area contributed by atoms with Crippen LogP contribution in [0.4, 0.5) is 5.13 Å². The van der Waals surface area contributed by atoms with E-state index >= 15 is 0 Å². The SMILES string of the molecule is COC(=O)c1cnc(NC2(C)CCCC2)s1. The Labute approximate surface area is 99.0 Å². The second-order valence-corrected chi connectivity index (χ2v) is 5.44. The number of ether oxygens (including phenoxy) is 1. The minimum atomic E-state index is -0.317. The van der Waals surface area contributed by atoms with Crippen LogP contribution in [0.15, 0.2) is 6.20 Å². The van der Waals surface area contributed by atoms with Gasteiger partial charge in [-0.1, -0.05) is 24.2 Å². The van der Waals surface area contributed by atoms with E-state index in [0.717, 1.165) is 5.13 Å². The van der Waals surface area contributed by atoms with Crippen molar-refractivity contribution >= 4 is 22.4 Å². The quantitative estimate of drug-likeness (QED) is 0.825. The first-order valence-corrected chi connectivity index (χ1v) is 6.27. The summed E-state index contributed by atoms with van der Waals surface area (Å²) in [4.78, 5) is 16.0. The highest BCUT2D eigenvalue weighted by Crippen LogP contribution is 2.33. The molecule has 1 fully saturated rings. The molecule has 88 valence electrons. The monoisotopic (exact) mass is 240 g/mol. The Morgan fingerprint density at radius 3 is 2.88 bits per heavy atom. The van der Waals surface area contributed by atoms with Crippen molar-refractivity contribution in [2.45, 2.75) is 38.1 Å². The molecule has 0 saturated heterocycles. The third kappa shape index (κ3) is 2.35. The third-order valence-corrected chi connectivity index (χ3v) is 3.90. The number of carbonyl (C=O) groups is 1. The van der Waals surface area contributed by atoms with Gasteiger partial charge in [-0.15, -0.1) is 0 Å². The molecule has 0 radical (unpaired) electrons. The standard InChI is InChI=1S/C11H16N2O2S/c1-11(5-3-4-6-11)13-10-12-7-8(16-10)9(14)15-2/h7H,3-6H2,1-2H3,(H,12,13). The molecule has 1 aromatic heterocycles. The Kier molecular flexibility index (Phi) is 3.14. The number of hydrogen-bond acceptors (Lipinski definition) is 5. The summed E-state index contributed by atoms with van der Waals surface area (Å²) < 4.78 is 4.65. The zero-order valence-electron chi connectivity index (χ0n) is 9.58. The number of esters is 1. The topological polar surface area (TPSA) is 51.2 Å². The molecule has 5 heteroatoms. The van der Waals surface area contributed by atoms with E-state index in [1.807, 2.05) is 0 Å². The van der Waals surface area contributed by atoms with Gasteiger partial charge in [0.1, 0.15) is 4.88 Å². The van der Waals surface area contributed by atoms with Gasteiger partial charge in [-0.3, -0.25) is 0 Å². The molecule has 1 N–H and O–H groups in total. The van der Waals surface area contributed by atoms with E-state index in [0.29, 0.717) is 4.88 Å². The van der Waals surface area contributed by atoms with Crippen molar-refractivity contribution < 1.29 is 9.53 Å². The van der Waals surface area contributed by atoms with Crippen LogP contribution < -0.4 is 5.32 Å². The number of methoxy groups -OCH3 is 1. The average molecular weight is 240 g/mol. The molecule has 0 amide bonds. The summed E-state index contributed by atoms with van der Waals surface area (Å²) in [5, 5.41) is 4.23. The van der Waals surface area contributed by atoms with Gasteiger partial charge >= 0.3 is 5.97 Å².